The Bertz CT molecular complexity index is 1040. The van der Waals surface area contributed by atoms with Crippen LogP contribution in [0.4, 0.5) is 17.1 Å². The molecule has 4 rings (SSSR count). The van der Waals surface area contributed by atoms with Crippen LogP contribution in [0.5, 0.6) is 5.75 Å². The summed E-state index contributed by atoms with van der Waals surface area (Å²) in [6.45, 7) is 1.64. The van der Waals surface area contributed by atoms with Gasteiger partial charge in [-0.1, -0.05) is 12.8 Å². The van der Waals surface area contributed by atoms with E-state index in [0.717, 1.165) is 58.0 Å². The summed E-state index contributed by atoms with van der Waals surface area (Å²) < 4.78 is 34.7. The fraction of sp³-hybridized carbons (Fsp3) is 0.458. The monoisotopic (exact) mass is 457 g/mol. The van der Waals surface area contributed by atoms with Gasteiger partial charge in [-0.3, -0.25) is 9.52 Å². The molecule has 1 saturated heterocycles. The molecule has 32 heavy (non-hydrogen) atoms. The number of piperidine rings is 1. The lowest BCUT2D eigenvalue weighted by Gasteiger charge is -2.30. The predicted octanol–water partition coefficient (Wildman–Crippen LogP) is 4.62. The number of methoxy groups -OCH3 is 1. The van der Waals surface area contributed by atoms with Gasteiger partial charge in [-0.2, -0.15) is 0 Å². The second-order valence-corrected chi connectivity index (χ2v) is 10.2. The number of anilines is 3. The van der Waals surface area contributed by atoms with E-state index in [1.54, 1.807) is 37.4 Å². The Labute approximate surface area is 190 Å². The van der Waals surface area contributed by atoms with Gasteiger partial charge in [0, 0.05) is 30.4 Å². The minimum absolute atomic E-state index is 0.00857. The largest absolute Gasteiger partial charge is 0.497 e. The predicted molar refractivity (Wildman–Crippen MR) is 127 cm³/mol. The third-order valence-corrected chi connectivity index (χ3v) is 7.69. The molecule has 0 atom stereocenters. The number of rotatable bonds is 7. The van der Waals surface area contributed by atoms with Crippen LogP contribution in [0, 0.1) is 5.92 Å². The highest BCUT2D eigenvalue weighted by Crippen LogP contribution is 2.33. The van der Waals surface area contributed by atoms with Gasteiger partial charge in [0.2, 0.25) is 5.91 Å². The molecule has 1 aliphatic heterocycles. The Kier molecular flexibility index (Phi) is 6.89. The van der Waals surface area contributed by atoms with Crippen molar-refractivity contribution < 1.29 is 17.9 Å². The molecule has 2 aromatic rings. The van der Waals surface area contributed by atoms with E-state index in [4.69, 9.17) is 4.74 Å². The van der Waals surface area contributed by atoms with Crippen molar-refractivity contribution >= 4 is 33.0 Å². The molecule has 0 bridgehead atoms. The van der Waals surface area contributed by atoms with E-state index in [1.165, 1.54) is 0 Å². The van der Waals surface area contributed by atoms with Crippen LogP contribution < -0.4 is 19.7 Å². The zero-order valence-corrected chi connectivity index (χ0v) is 19.3. The van der Waals surface area contributed by atoms with Gasteiger partial charge >= 0.3 is 0 Å². The first-order chi connectivity index (χ1) is 15.5. The van der Waals surface area contributed by atoms with Crippen LogP contribution in [0.15, 0.2) is 47.4 Å². The summed E-state index contributed by atoms with van der Waals surface area (Å²) in [7, 11) is -2.31. The molecule has 1 aliphatic carbocycles. The van der Waals surface area contributed by atoms with E-state index in [1.807, 2.05) is 12.1 Å². The lowest BCUT2D eigenvalue weighted by atomic mass is 10.1. The van der Waals surface area contributed by atoms with Crippen molar-refractivity contribution in [1.82, 2.24) is 0 Å². The van der Waals surface area contributed by atoms with Crippen molar-refractivity contribution in [2.24, 2.45) is 5.92 Å². The first-order valence-corrected chi connectivity index (χ1v) is 12.8. The van der Waals surface area contributed by atoms with Crippen LogP contribution in [0.3, 0.4) is 0 Å². The van der Waals surface area contributed by atoms with Gasteiger partial charge in [0.05, 0.1) is 12.8 Å². The number of ether oxygens (including phenoxy) is 1. The van der Waals surface area contributed by atoms with E-state index in [9.17, 15) is 13.2 Å². The summed E-state index contributed by atoms with van der Waals surface area (Å²) >= 11 is 0. The van der Waals surface area contributed by atoms with Crippen LogP contribution in [-0.2, 0) is 14.8 Å². The second-order valence-electron chi connectivity index (χ2n) is 8.53. The van der Waals surface area contributed by atoms with Crippen molar-refractivity contribution in [2.75, 3.05) is 35.1 Å². The highest BCUT2D eigenvalue weighted by molar-refractivity contribution is 7.92. The number of carbonyl (C=O) groups is 1. The molecule has 1 amide bonds. The molecule has 0 radical (unpaired) electrons. The number of carbonyl (C=O) groups excluding carboxylic acids is 1. The first-order valence-electron chi connectivity index (χ1n) is 11.3. The Morgan fingerprint density at radius 2 is 1.59 bits per heavy atom. The number of nitrogens with zero attached hydrogens (tertiary/aromatic N) is 1. The minimum atomic E-state index is -3.87. The zero-order valence-electron chi connectivity index (χ0n) is 18.5. The standard InChI is InChI=1S/C24H31N3O4S/c1-31-21-12-9-19(10-13-21)26-32(29,30)23-17-20(25-24(28)18-7-3-4-8-18)11-14-22(23)27-15-5-2-6-16-27/h9-14,17-18,26H,2-8,15-16H2,1H3,(H,25,28). The van der Waals surface area contributed by atoms with Crippen LogP contribution in [0.2, 0.25) is 0 Å². The quantitative estimate of drug-likeness (QED) is 0.634. The van der Waals surface area contributed by atoms with Gasteiger partial charge in [0.15, 0.2) is 0 Å². The average molecular weight is 458 g/mol. The molecule has 0 unspecified atom stereocenters. The SMILES string of the molecule is COc1ccc(NS(=O)(=O)c2cc(NC(=O)C3CCCC3)ccc2N2CCCCC2)cc1. The Morgan fingerprint density at radius 1 is 0.938 bits per heavy atom. The lowest BCUT2D eigenvalue weighted by molar-refractivity contribution is -0.119. The fourth-order valence-corrected chi connectivity index (χ4v) is 5.82. The third kappa shape index (κ3) is 5.18. The second kappa shape index (κ2) is 9.81. The van der Waals surface area contributed by atoms with Crippen molar-refractivity contribution in [3.05, 3.63) is 42.5 Å². The molecule has 7 nitrogen and oxygen atoms in total. The van der Waals surface area contributed by atoms with Crippen LogP contribution in [-0.4, -0.2) is 34.5 Å². The van der Waals surface area contributed by atoms with Crippen molar-refractivity contribution in [3.8, 4) is 5.75 Å². The number of hydrogen-bond acceptors (Lipinski definition) is 5. The molecule has 172 valence electrons. The summed E-state index contributed by atoms with van der Waals surface area (Å²) in [4.78, 5) is 14.9. The highest BCUT2D eigenvalue weighted by Gasteiger charge is 2.26. The summed E-state index contributed by atoms with van der Waals surface area (Å²) in [5.41, 5.74) is 1.64. The van der Waals surface area contributed by atoms with Crippen LogP contribution in [0.1, 0.15) is 44.9 Å². The summed E-state index contributed by atoms with van der Waals surface area (Å²) in [6.07, 6.45) is 7.13. The Morgan fingerprint density at radius 3 is 2.25 bits per heavy atom. The maximum Gasteiger partial charge on any atom is 0.264 e. The van der Waals surface area contributed by atoms with Gasteiger partial charge in [-0.15, -0.1) is 0 Å². The molecular weight excluding hydrogens is 426 g/mol. The normalized spacial score (nSPS) is 17.2. The molecular formula is C24H31N3O4S. The number of nitrogens with one attached hydrogen (secondary N) is 2. The molecule has 2 fully saturated rings. The third-order valence-electron chi connectivity index (χ3n) is 6.28. The smallest absolute Gasteiger partial charge is 0.264 e. The summed E-state index contributed by atoms with van der Waals surface area (Å²) in [6, 6.07) is 12.0. The number of benzene rings is 2. The van der Waals surface area contributed by atoms with E-state index in [-0.39, 0.29) is 16.7 Å². The average Bonchev–Trinajstić information content (AvgIpc) is 3.35. The first kappa shape index (κ1) is 22.5. The van der Waals surface area contributed by atoms with E-state index < -0.39 is 10.0 Å². The molecule has 0 aromatic heterocycles. The molecule has 8 heteroatoms. The van der Waals surface area contributed by atoms with Crippen molar-refractivity contribution in [2.45, 2.75) is 49.8 Å². The summed E-state index contributed by atoms with van der Waals surface area (Å²) in [5.74, 6) is 0.632. The van der Waals surface area contributed by atoms with E-state index in [2.05, 4.69) is 14.9 Å². The number of amides is 1. The molecule has 1 saturated carbocycles. The maximum absolute atomic E-state index is 13.4. The van der Waals surface area contributed by atoms with Gasteiger partial charge in [-0.05, 0) is 74.6 Å². The molecule has 2 N–H and O–H groups in total. The van der Waals surface area contributed by atoms with Gasteiger partial charge in [-0.25, -0.2) is 8.42 Å². The molecule has 1 heterocycles. The van der Waals surface area contributed by atoms with Gasteiger partial charge < -0.3 is 15.0 Å². The van der Waals surface area contributed by atoms with Crippen LogP contribution >= 0.6 is 0 Å². The van der Waals surface area contributed by atoms with E-state index >= 15 is 0 Å². The topological polar surface area (TPSA) is 87.7 Å². The Hall–Kier alpha value is -2.74. The number of hydrogen-bond donors (Lipinski definition) is 2. The number of sulfonamides is 1. The lowest BCUT2D eigenvalue weighted by Crippen LogP contribution is -2.31. The highest BCUT2D eigenvalue weighted by atomic mass is 32.2. The summed E-state index contributed by atoms with van der Waals surface area (Å²) in [5, 5.41) is 2.94. The Balaban J connectivity index is 1.64. The van der Waals surface area contributed by atoms with E-state index in [0.29, 0.717) is 22.8 Å². The fourth-order valence-electron chi connectivity index (χ4n) is 4.50. The van der Waals surface area contributed by atoms with Gasteiger partial charge in [0.1, 0.15) is 10.6 Å². The van der Waals surface area contributed by atoms with Gasteiger partial charge in [0.25, 0.3) is 10.0 Å². The molecule has 0 spiro atoms. The molecule has 2 aliphatic rings. The maximum atomic E-state index is 13.4. The van der Waals surface area contributed by atoms with Crippen molar-refractivity contribution in [1.29, 1.82) is 0 Å². The molecule has 2 aromatic carbocycles. The minimum Gasteiger partial charge on any atom is -0.497 e. The van der Waals surface area contributed by atoms with Crippen LogP contribution in [0.25, 0.3) is 0 Å². The van der Waals surface area contributed by atoms with Crippen molar-refractivity contribution in [3.63, 3.8) is 0 Å². The zero-order chi connectivity index (χ0) is 22.6.